The summed E-state index contributed by atoms with van der Waals surface area (Å²) in [5, 5.41) is 14.4. The van der Waals surface area contributed by atoms with E-state index in [9.17, 15) is 13.9 Å². The largest absolute Gasteiger partial charge is 0.387 e. The third kappa shape index (κ3) is 4.17. The molecule has 1 aliphatic heterocycles. The zero-order chi connectivity index (χ0) is 17.1. The van der Waals surface area contributed by atoms with Crippen LogP contribution >= 0.6 is 0 Å². The van der Waals surface area contributed by atoms with Gasteiger partial charge in [-0.1, -0.05) is 6.07 Å². The van der Waals surface area contributed by atoms with Crippen molar-refractivity contribution in [1.82, 2.24) is 19.6 Å². The molecule has 1 aromatic heterocycles. The molecule has 0 amide bonds. The zero-order valence-electron chi connectivity index (χ0n) is 13.7. The number of aliphatic hydroxyl groups is 1. The molecule has 1 saturated heterocycles. The highest BCUT2D eigenvalue weighted by atomic mass is 19.2. The van der Waals surface area contributed by atoms with Gasteiger partial charge in [0.1, 0.15) is 0 Å². The number of aliphatic hydroxyl groups excluding tert-OH is 1. The fourth-order valence-corrected chi connectivity index (χ4v) is 3.01. The minimum atomic E-state index is -0.923. The Hall–Kier alpha value is -1.83. The van der Waals surface area contributed by atoms with Gasteiger partial charge in [-0.05, 0) is 17.7 Å². The molecule has 1 aromatic carbocycles. The van der Waals surface area contributed by atoms with Crippen LogP contribution in [0.2, 0.25) is 0 Å². The maximum Gasteiger partial charge on any atom is 0.159 e. The first-order valence-electron chi connectivity index (χ1n) is 8.06. The van der Waals surface area contributed by atoms with Crippen LogP contribution < -0.4 is 0 Å². The molecule has 7 heteroatoms. The van der Waals surface area contributed by atoms with Gasteiger partial charge in [0.25, 0.3) is 0 Å². The predicted molar refractivity (Wildman–Crippen MR) is 86.2 cm³/mol. The lowest BCUT2D eigenvalue weighted by molar-refractivity contribution is 0.0699. The first-order chi connectivity index (χ1) is 11.5. The van der Waals surface area contributed by atoms with Crippen LogP contribution in [0.5, 0.6) is 0 Å². The van der Waals surface area contributed by atoms with E-state index in [1.54, 1.807) is 4.68 Å². The summed E-state index contributed by atoms with van der Waals surface area (Å²) in [6, 6.07) is 3.56. The van der Waals surface area contributed by atoms with Gasteiger partial charge in [-0.3, -0.25) is 14.5 Å². The van der Waals surface area contributed by atoms with E-state index in [1.807, 2.05) is 19.4 Å². The molecule has 1 fully saturated rings. The Bertz CT molecular complexity index is 683. The Labute approximate surface area is 140 Å². The molecule has 0 saturated carbocycles. The van der Waals surface area contributed by atoms with Crippen LogP contribution in [-0.4, -0.2) is 57.4 Å². The van der Waals surface area contributed by atoms with Crippen LogP contribution in [0.1, 0.15) is 17.2 Å². The van der Waals surface area contributed by atoms with Crippen molar-refractivity contribution < 1.29 is 13.9 Å². The molecule has 1 aliphatic rings. The maximum atomic E-state index is 13.3. The van der Waals surface area contributed by atoms with Gasteiger partial charge in [0, 0.05) is 58.1 Å². The van der Waals surface area contributed by atoms with Crippen LogP contribution in [0, 0.1) is 11.6 Å². The summed E-state index contributed by atoms with van der Waals surface area (Å²) in [6.45, 7) is 4.76. The average molecular weight is 336 g/mol. The van der Waals surface area contributed by atoms with Crippen molar-refractivity contribution in [3.8, 4) is 0 Å². The number of benzene rings is 1. The van der Waals surface area contributed by atoms with Crippen molar-refractivity contribution in [2.75, 3.05) is 32.7 Å². The molecule has 3 rings (SSSR count). The highest BCUT2D eigenvalue weighted by Crippen LogP contribution is 2.18. The molecule has 1 N–H and O–H groups in total. The number of halogens is 2. The van der Waals surface area contributed by atoms with E-state index in [4.69, 9.17) is 0 Å². The Morgan fingerprint density at radius 3 is 2.46 bits per heavy atom. The SMILES string of the molecule is Cn1cc(CN2CCN(C[C@H](O)c3ccc(F)c(F)c3)CC2)cn1. The summed E-state index contributed by atoms with van der Waals surface area (Å²) in [7, 11) is 1.90. The summed E-state index contributed by atoms with van der Waals surface area (Å²) >= 11 is 0. The minimum Gasteiger partial charge on any atom is -0.387 e. The number of rotatable bonds is 5. The van der Waals surface area contributed by atoms with E-state index in [0.717, 1.165) is 44.9 Å². The van der Waals surface area contributed by atoms with Crippen LogP contribution in [0.15, 0.2) is 30.6 Å². The highest BCUT2D eigenvalue weighted by molar-refractivity contribution is 5.20. The van der Waals surface area contributed by atoms with Crippen LogP contribution in [0.4, 0.5) is 8.78 Å². The molecule has 1 atom stereocenters. The highest BCUT2D eigenvalue weighted by Gasteiger charge is 2.21. The van der Waals surface area contributed by atoms with Crippen molar-refractivity contribution >= 4 is 0 Å². The zero-order valence-corrected chi connectivity index (χ0v) is 13.7. The molecular weight excluding hydrogens is 314 g/mol. The fraction of sp³-hybridized carbons (Fsp3) is 0.471. The van der Waals surface area contributed by atoms with E-state index in [2.05, 4.69) is 14.9 Å². The Kier molecular flexibility index (Phi) is 5.23. The standard InChI is InChI=1S/C17H22F2N4O/c1-21-10-13(9-20-21)11-22-4-6-23(7-5-22)12-17(24)14-2-3-15(18)16(19)8-14/h2-3,8-10,17,24H,4-7,11-12H2,1H3/t17-/m0/s1. The van der Waals surface area contributed by atoms with Gasteiger partial charge in [-0.2, -0.15) is 5.10 Å². The number of hydrogen-bond donors (Lipinski definition) is 1. The number of piperazine rings is 1. The molecule has 24 heavy (non-hydrogen) atoms. The van der Waals surface area contributed by atoms with Gasteiger partial charge in [0.2, 0.25) is 0 Å². The summed E-state index contributed by atoms with van der Waals surface area (Å²) < 4.78 is 28.0. The first-order valence-corrected chi connectivity index (χ1v) is 8.06. The van der Waals surface area contributed by atoms with E-state index >= 15 is 0 Å². The van der Waals surface area contributed by atoms with Gasteiger partial charge in [0.15, 0.2) is 11.6 Å². The van der Waals surface area contributed by atoms with Crippen LogP contribution in [0.3, 0.4) is 0 Å². The lowest BCUT2D eigenvalue weighted by Gasteiger charge is -2.35. The third-order valence-corrected chi connectivity index (χ3v) is 4.39. The second-order valence-electron chi connectivity index (χ2n) is 6.29. The summed E-state index contributed by atoms with van der Waals surface area (Å²) in [5.74, 6) is -1.82. The van der Waals surface area contributed by atoms with Crippen molar-refractivity contribution in [3.05, 3.63) is 53.4 Å². The quantitative estimate of drug-likeness (QED) is 0.900. The smallest absolute Gasteiger partial charge is 0.159 e. The monoisotopic (exact) mass is 336 g/mol. The molecule has 2 aromatic rings. The second-order valence-corrected chi connectivity index (χ2v) is 6.29. The van der Waals surface area contributed by atoms with Gasteiger partial charge >= 0.3 is 0 Å². The number of aryl methyl sites for hydroxylation is 1. The molecule has 0 spiro atoms. The van der Waals surface area contributed by atoms with Gasteiger partial charge in [-0.15, -0.1) is 0 Å². The number of nitrogens with zero attached hydrogens (tertiary/aromatic N) is 4. The number of aromatic nitrogens is 2. The second kappa shape index (κ2) is 7.38. The van der Waals surface area contributed by atoms with E-state index < -0.39 is 17.7 Å². The minimum absolute atomic E-state index is 0.409. The van der Waals surface area contributed by atoms with Crippen molar-refractivity contribution in [2.24, 2.45) is 7.05 Å². The van der Waals surface area contributed by atoms with Crippen molar-refractivity contribution in [3.63, 3.8) is 0 Å². The molecule has 0 aliphatic carbocycles. The Morgan fingerprint density at radius 2 is 1.83 bits per heavy atom. The lowest BCUT2D eigenvalue weighted by Crippen LogP contribution is -2.47. The molecular formula is C17H22F2N4O. The van der Waals surface area contributed by atoms with Crippen LogP contribution in [-0.2, 0) is 13.6 Å². The Morgan fingerprint density at radius 1 is 1.12 bits per heavy atom. The van der Waals surface area contributed by atoms with Gasteiger partial charge in [0.05, 0.1) is 12.3 Å². The van der Waals surface area contributed by atoms with Crippen LogP contribution in [0.25, 0.3) is 0 Å². The van der Waals surface area contributed by atoms with Gasteiger partial charge < -0.3 is 5.11 Å². The topological polar surface area (TPSA) is 44.5 Å². The van der Waals surface area contributed by atoms with E-state index in [1.165, 1.54) is 11.6 Å². The summed E-state index contributed by atoms with van der Waals surface area (Å²) in [6.07, 6.45) is 3.07. The molecule has 0 unspecified atom stereocenters. The van der Waals surface area contributed by atoms with Crippen molar-refractivity contribution in [1.29, 1.82) is 0 Å². The normalized spacial score (nSPS) is 18.0. The molecule has 0 bridgehead atoms. The fourth-order valence-electron chi connectivity index (χ4n) is 3.01. The first kappa shape index (κ1) is 17.0. The predicted octanol–water partition coefficient (Wildman–Crippen LogP) is 1.55. The lowest BCUT2D eigenvalue weighted by atomic mass is 10.1. The summed E-state index contributed by atoms with van der Waals surface area (Å²) in [4.78, 5) is 4.49. The summed E-state index contributed by atoms with van der Waals surface area (Å²) in [5.41, 5.74) is 1.60. The number of β-amino-alcohol motifs (C(OH)–C–C–N with tert-alkyl or cyclic N) is 1. The molecule has 130 valence electrons. The number of hydrogen-bond acceptors (Lipinski definition) is 4. The third-order valence-electron chi connectivity index (χ3n) is 4.39. The van der Waals surface area contributed by atoms with E-state index in [0.29, 0.717) is 12.1 Å². The molecule has 2 heterocycles. The van der Waals surface area contributed by atoms with E-state index in [-0.39, 0.29) is 0 Å². The molecule has 5 nitrogen and oxygen atoms in total. The average Bonchev–Trinajstić information content (AvgIpc) is 2.97. The van der Waals surface area contributed by atoms with Crippen molar-refractivity contribution in [2.45, 2.75) is 12.6 Å². The molecule has 0 radical (unpaired) electrons. The maximum absolute atomic E-state index is 13.3. The Balaban J connectivity index is 1.48. The van der Waals surface area contributed by atoms with Gasteiger partial charge in [-0.25, -0.2) is 8.78 Å².